The van der Waals surface area contributed by atoms with Gasteiger partial charge in [-0.25, -0.2) is 0 Å². The lowest BCUT2D eigenvalue weighted by Crippen LogP contribution is -2.29. The van der Waals surface area contributed by atoms with Crippen LogP contribution < -0.4 is 10.5 Å². The number of nitrogen functional groups attached to an aromatic ring is 1. The van der Waals surface area contributed by atoms with E-state index in [1.165, 1.54) is 18.4 Å². The molecule has 0 aliphatic heterocycles. The molecule has 1 aromatic carbocycles. The molecule has 0 bridgehead atoms. The van der Waals surface area contributed by atoms with Crippen molar-refractivity contribution in [2.24, 2.45) is 0 Å². The Balaban J connectivity index is 2.01. The summed E-state index contributed by atoms with van der Waals surface area (Å²) in [6.45, 7) is 2.63. The van der Waals surface area contributed by atoms with Gasteiger partial charge in [0, 0.05) is 38.0 Å². The van der Waals surface area contributed by atoms with Crippen molar-refractivity contribution in [3.63, 3.8) is 0 Å². The Kier molecular flexibility index (Phi) is 4.44. The topological polar surface area (TPSA) is 47.7 Å². The SMILES string of the molecule is COCCN(Cc1ccc(OC)cc1N)C1CC1. The largest absolute Gasteiger partial charge is 0.497 e. The predicted octanol–water partition coefficient (Wildman–Crippen LogP) is 1.89. The maximum Gasteiger partial charge on any atom is 0.120 e. The van der Waals surface area contributed by atoms with E-state index in [0.29, 0.717) is 6.04 Å². The second kappa shape index (κ2) is 6.07. The molecule has 1 saturated carbocycles. The molecular weight excluding hydrogens is 228 g/mol. The van der Waals surface area contributed by atoms with Crippen LogP contribution in [-0.4, -0.2) is 38.3 Å². The summed E-state index contributed by atoms with van der Waals surface area (Å²) in [5.41, 5.74) is 8.03. The Morgan fingerprint density at radius 3 is 2.67 bits per heavy atom. The molecule has 0 aromatic heterocycles. The molecule has 0 heterocycles. The molecule has 4 heteroatoms. The number of benzene rings is 1. The fraction of sp³-hybridized carbons (Fsp3) is 0.571. The van der Waals surface area contributed by atoms with Crippen molar-refractivity contribution in [3.05, 3.63) is 23.8 Å². The van der Waals surface area contributed by atoms with E-state index in [1.807, 2.05) is 12.1 Å². The average Bonchev–Trinajstić information content (AvgIpc) is 3.20. The summed E-state index contributed by atoms with van der Waals surface area (Å²) in [5.74, 6) is 0.811. The van der Waals surface area contributed by atoms with E-state index in [2.05, 4.69) is 11.0 Å². The fourth-order valence-corrected chi connectivity index (χ4v) is 2.10. The third kappa shape index (κ3) is 3.37. The summed E-state index contributed by atoms with van der Waals surface area (Å²) in [6.07, 6.45) is 2.58. The number of nitrogens with zero attached hydrogens (tertiary/aromatic N) is 1. The van der Waals surface area contributed by atoms with Gasteiger partial charge in [-0.2, -0.15) is 0 Å². The molecule has 100 valence electrons. The molecule has 0 spiro atoms. The third-order valence-electron chi connectivity index (χ3n) is 3.37. The number of nitrogens with two attached hydrogens (primary N) is 1. The second-order valence-electron chi connectivity index (χ2n) is 4.76. The van der Waals surface area contributed by atoms with Gasteiger partial charge in [-0.05, 0) is 24.5 Å². The quantitative estimate of drug-likeness (QED) is 0.751. The van der Waals surface area contributed by atoms with Gasteiger partial charge in [0.15, 0.2) is 0 Å². The summed E-state index contributed by atoms with van der Waals surface area (Å²) in [5, 5.41) is 0. The minimum Gasteiger partial charge on any atom is -0.497 e. The minimum atomic E-state index is 0.710. The normalized spacial score (nSPS) is 15.1. The van der Waals surface area contributed by atoms with Gasteiger partial charge in [0.25, 0.3) is 0 Å². The lowest BCUT2D eigenvalue weighted by atomic mass is 10.1. The van der Waals surface area contributed by atoms with Crippen LogP contribution in [0.2, 0.25) is 0 Å². The molecule has 0 unspecified atom stereocenters. The van der Waals surface area contributed by atoms with Crippen LogP contribution in [0.1, 0.15) is 18.4 Å². The predicted molar refractivity (Wildman–Crippen MR) is 72.7 cm³/mol. The first-order chi connectivity index (χ1) is 8.74. The summed E-state index contributed by atoms with van der Waals surface area (Å²) < 4.78 is 10.3. The first kappa shape index (κ1) is 13.2. The number of hydrogen-bond acceptors (Lipinski definition) is 4. The lowest BCUT2D eigenvalue weighted by molar-refractivity contribution is 0.139. The Bertz CT molecular complexity index is 391. The molecule has 0 radical (unpaired) electrons. The molecule has 0 amide bonds. The molecule has 0 saturated heterocycles. The first-order valence-corrected chi connectivity index (χ1v) is 6.40. The van der Waals surface area contributed by atoms with Crippen LogP contribution in [0.3, 0.4) is 0 Å². The molecule has 4 nitrogen and oxygen atoms in total. The van der Waals surface area contributed by atoms with E-state index in [0.717, 1.165) is 31.1 Å². The smallest absolute Gasteiger partial charge is 0.120 e. The number of anilines is 1. The van der Waals surface area contributed by atoms with E-state index in [1.54, 1.807) is 14.2 Å². The van der Waals surface area contributed by atoms with E-state index < -0.39 is 0 Å². The molecule has 1 fully saturated rings. The van der Waals surface area contributed by atoms with Crippen LogP contribution in [0, 0.1) is 0 Å². The Morgan fingerprint density at radius 1 is 1.33 bits per heavy atom. The molecule has 0 atom stereocenters. The zero-order valence-corrected chi connectivity index (χ0v) is 11.2. The number of methoxy groups -OCH3 is 2. The van der Waals surface area contributed by atoms with Gasteiger partial charge in [-0.15, -0.1) is 0 Å². The number of hydrogen-bond donors (Lipinski definition) is 1. The van der Waals surface area contributed by atoms with Gasteiger partial charge in [-0.1, -0.05) is 6.07 Å². The molecule has 18 heavy (non-hydrogen) atoms. The monoisotopic (exact) mass is 250 g/mol. The van der Waals surface area contributed by atoms with Crippen molar-refractivity contribution in [1.29, 1.82) is 0 Å². The second-order valence-corrected chi connectivity index (χ2v) is 4.76. The van der Waals surface area contributed by atoms with Crippen LogP contribution in [0.15, 0.2) is 18.2 Å². The van der Waals surface area contributed by atoms with E-state index >= 15 is 0 Å². The van der Waals surface area contributed by atoms with Crippen molar-refractivity contribution in [1.82, 2.24) is 4.90 Å². The summed E-state index contributed by atoms with van der Waals surface area (Å²) >= 11 is 0. The van der Waals surface area contributed by atoms with Gasteiger partial charge in [-0.3, -0.25) is 4.90 Å². The van der Waals surface area contributed by atoms with E-state index in [4.69, 9.17) is 15.2 Å². The molecule has 2 rings (SSSR count). The molecular formula is C14H22N2O2. The van der Waals surface area contributed by atoms with Crippen LogP contribution in [-0.2, 0) is 11.3 Å². The van der Waals surface area contributed by atoms with E-state index in [9.17, 15) is 0 Å². The Hall–Kier alpha value is -1.26. The van der Waals surface area contributed by atoms with Gasteiger partial charge < -0.3 is 15.2 Å². The van der Waals surface area contributed by atoms with Gasteiger partial charge in [0.1, 0.15) is 5.75 Å². The molecule has 1 aliphatic rings. The standard InChI is InChI=1S/C14H22N2O2/c1-17-8-7-16(12-4-5-12)10-11-3-6-13(18-2)9-14(11)15/h3,6,9,12H,4-5,7-8,10,15H2,1-2H3. The molecule has 1 aromatic rings. The maximum absolute atomic E-state index is 6.06. The third-order valence-corrected chi connectivity index (χ3v) is 3.37. The average molecular weight is 250 g/mol. The van der Waals surface area contributed by atoms with Crippen LogP contribution in [0.4, 0.5) is 5.69 Å². The summed E-state index contributed by atoms with van der Waals surface area (Å²) in [6, 6.07) is 6.61. The van der Waals surface area contributed by atoms with Crippen LogP contribution >= 0.6 is 0 Å². The number of rotatable bonds is 7. The highest BCUT2D eigenvalue weighted by molar-refractivity contribution is 5.51. The van der Waals surface area contributed by atoms with Crippen molar-refractivity contribution >= 4 is 5.69 Å². The van der Waals surface area contributed by atoms with Gasteiger partial charge in [0.2, 0.25) is 0 Å². The zero-order valence-electron chi connectivity index (χ0n) is 11.2. The summed E-state index contributed by atoms with van der Waals surface area (Å²) in [7, 11) is 3.40. The van der Waals surface area contributed by atoms with E-state index in [-0.39, 0.29) is 0 Å². The highest BCUT2D eigenvalue weighted by Gasteiger charge is 2.28. The van der Waals surface area contributed by atoms with Crippen LogP contribution in [0.25, 0.3) is 0 Å². The summed E-state index contributed by atoms with van der Waals surface area (Å²) in [4.78, 5) is 2.45. The fourth-order valence-electron chi connectivity index (χ4n) is 2.10. The zero-order chi connectivity index (χ0) is 13.0. The maximum atomic E-state index is 6.06. The Labute approximate surface area is 109 Å². The van der Waals surface area contributed by atoms with Crippen molar-refractivity contribution in [3.8, 4) is 5.75 Å². The minimum absolute atomic E-state index is 0.710. The van der Waals surface area contributed by atoms with Crippen LogP contribution in [0.5, 0.6) is 5.75 Å². The van der Waals surface area contributed by atoms with Gasteiger partial charge in [0.05, 0.1) is 13.7 Å². The highest BCUT2D eigenvalue weighted by Crippen LogP contribution is 2.29. The number of ether oxygens (including phenoxy) is 2. The van der Waals surface area contributed by atoms with Crippen molar-refractivity contribution in [2.45, 2.75) is 25.4 Å². The van der Waals surface area contributed by atoms with Crippen molar-refractivity contribution < 1.29 is 9.47 Å². The lowest BCUT2D eigenvalue weighted by Gasteiger charge is -2.22. The van der Waals surface area contributed by atoms with Gasteiger partial charge >= 0.3 is 0 Å². The van der Waals surface area contributed by atoms with Crippen molar-refractivity contribution in [2.75, 3.05) is 33.1 Å². The highest BCUT2D eigenvalue weighted by atomic mass is 16.5. The Morgan fingerprint density at radius 2 is 2.11 bits per heavy atom. The first-order valence-electron chi connectivity index (χ1n) is 6.40. The molecule has 1 aliphatic carbocycles. The molecule has 2 N–H and O–H groups in total.